The normalized spacial score (nSPS) is 11.9. The molecule has 8 nitrogen and oxygen atoms in total. The van der Waals surface area contributed by atoms with Crippen molar-refractivity contribution in [1.82, 2.24) is 4.98 Å². The molecule has 0 bridgehead atoms. The van der Waals surface area contributed by atoms with Crippen LogP contribution in [0, 0.1) is 17.0 Å². The molecule has 0 aliphatic heterocycles. The molecule has 1 rings (SSSR count). The van der Waals surface area contributed by atoms with Crippen LogP contribution in [0.4, 0.5) is 11.5 Å². The number of hydrogen-bond acceptors (Lipinski definition) is 6. The first kappa shape index (κ1) is 13.8. The lowest BCUT2D eigenvalue weighted by atomic mass is 10.2. The molecule has 0 aromatic carbocycles. The third-order valence-electron chi connectivity index (χ3n) is 2.22. The smallest absolute Gasteiger partial charge is 0.334 e. The summed E-state index contributed by atoms with van der Waals surface area (Å²) in [5.41, 5.74) is 0.448. The molecular weight excluding hydrogens is 242 g/mol. The van der Waals surface area contributed by atoms with E-state index in [1.807, 2.05) is 0 Å². The highest BCUT2D eigenvalue weighted by atomic mass is 16.6. The molecule has 0 aliphatic rings. The maximum Gasteiger partial charge on any atom is 0.334 e. The van der Waals surface area contributed by atoms with Gasteiger partial charge in [0.05, 0.1) is 11.5 Å². The number of aromatic nitrogens is 1. The van der Waals surface area contributed by atoms with Crippen molar-refractivity contribution in [1.29, 1.82) is 0 Å². The molecule has 2 N–H and O–H groups in total. The summed E-state index contributed by atoms with van der Waals surface area (Å²) in [6, 6.07) is 1.36. The van der Waals surface area contributed by atoms with Crippen LogP contribution in [0.3, 0.4) is 0 Å². The van der Waals surface area contributed by atoms with Gasteiger partial charge in [0.15, 0.2) is 6.10 Å². The molecule has 98 valence electrons. The number of methoxy groups -OCH3 is 1. The van der Waals surface area contributed by atoms with Crippen LogP contribution in [0.1, 0.15) is 5.56 Å². The number of pyridine rings is 1. The fraction of sp³-hybridized carbons (Fsp3) is 0.400. The summed E-state index contributed by atoms with van der Waals surface area (Å²) >= 11 is 0. The Morgan fingerprint density at radius 2 is 2.39 bits per heavy atom. The van der Waals surface area contributed by atoms with Crippen molar-refractivity contribution >= 4 is 17.5 Å². The van der Waals surface area contributed by atoms with Gasteiger partial charge in [0, 0.05) is 19.4 Å². The lowest BCUT2D eigenvalue weighted by Gasteiger charge is -2.12. The van der Waals surface area contributed by atoms with Gasteiger partial charge in [0.1, 0.15) is 0 Å². The van der Waals surface area contributed by atoms with Crippen molar-refractivity contribution < 1.29 is 19.6 Å². The number of nitro groups is 1. The van der Waals surface area contributed by atoms with E-state index < -0.39 is 17.0 Å². The predicted molar refractivity (Wildman–Crippen MR) is 62.6 cm³/mol. The molecule has 0 saturated carbocycles. The topological polar surface area (TPSA) is 115 Å². The number of nitrogens with zero attached hydrogens (tertiary/aromatic N) is 2. The Labute approximate surface area is 103 Å². The SMILES string of the molecule is COC(CNc1ncc(C)cc1[N+](=O)[O-])C(=O)O. The van der Waals surface area contributed by atoms with Gasteiger partial charge < -0.3 is 15.2 Å². The molecule has 0 spiro atoms. The Bertz CT molecular complexity index is 463. The van der Waals surface area contributed by atoms with Crippen LogP contribution < -0.4 is 5.32 Å². The van der Waals surface area contributed by atoms with Gasteiger partial charge in [0.2, 0.25) is 5.82 Å². The maximum absolute atomic E-state index is 10.8. The minimum atomic E-state index is -1.15. The molecule has 18 heavy (non-hydrogen) atoms. The van der Waals surface area contributed by atoms with E-state index in [0.29, 0.717) is 5.56 Å². The quantitative estimate of drug-likeness (QED) is 0.570. The number of carboxylic acids is 1. The lowest BCUT2D eigenvalue weighted by molar-refractivity contribution is -0.384. The minimum absolute atomic E-state index is 0.0221. The zero-order chi connectivity index (χ0) is 13.7. The number of carboxylic acid groups (broad SMARTS) is 1. The van der Waals surface area contributed by atoms with Crippen LogP contribution in [0.15, 0.2) is 12.3 Å². The largest absolute Gasteiger partial charge is 0.479 e. The second kappa shape index (κ2) is 5.92. The number of carbonyl (C=O) groups is 1. The van der Waals surface area contributed by atoms with E-state index in [9.17, 15) is 14.9 Å². The number of anilines is 1. The molecule has 1 unspecified atom stereocenters. The highest BCUT2D eigenvalue weighted by Gasteiger charge is 2.20. The molecule has 1 aromatic heterocycles. The first-order valence-electron chi connectivity index (χ1n) is 5.06. The number of aliphatic carboxylic acids is 1. The van der Waals surface area contributed by atoms with Crippen molar-refractivity contribution in [3.63, 3.8) is 0 Å². The zero-order valence-electron chi connectivity index (χ0n) is 9.91. The Morgan fingerprint density at radius 3 is 2.89 bits per heavy atom. The van der Waals surface area contributed by atoms with Gasteiger partial charge in [0.25, 0.3) is 0 Å². The first-order chi connectivity index (χ1) is 8.45. The molecule has 0 saturated heterocycles. The van der Waals surface area contributed by atoms with Crippen molar-refractivity contribution in [2.75, 3.05) is 19.0 Å². The summed E-state index contributed by atoms with van der Waals surface area (Å²) in [5.74, 6) is -1.13. The van der Waals surface area contributed by atoms with Crippen LogP contribution in [-0.4, -0.2) is 40.7 Å². The number of aryl methyl sites for hydroxylation is 1. The summed E-state index contributed by atoms with van der Waals surface area (Å²) < 4.78 is 4.70. The van der Waals surface area contributed by atoms with Crippen LogP contribution >= 0.6 is 0 Å². The lowest BCUT2D eigenvalue weighted by Crippen LogP contribution is -2.30. The Morgan fingerprint density at radius 1 is 1.72 bits per heavy atom. The zero-order valence-corrected chi connectivity index (χ0v) is 9.91. The predicted octanol–water partition coefficient (Wildman–Crippen LogP) is 0.810. The van der Waals surface area contributed by atoms with Gasteiger partial charge in [-0.1, -0.05) is 0 Å². The van der Waals surface area contributed by atoms with E-state index >= 15 is 0 Å². The summed E-state index contributed by atoms with van der Waals surface area (Å²) in [6.45, 7) is 1.57. The van der Waals surface area contributed by atoms with Crippen LogP contribution in [0.5, 0.6) is 0 Å². The van der Waals surface area contributed by atoms with Gasteiger partial charge in [-0.25, -0.2) is 9.78 Å². The van der Waals surface area contributed by atoms with E-state index in [2.05, 4.69) is 10.3 Å². The van der Waals surface area contributed by atoms with Crippen LogP contribution in [-0.2, 0) is 9.53 Å². The standard InChI is InChI=1S/C10H13N3O5/c1-6-3-7(13(16)17)9(11-4-6)12-5-8(18-2)10(14)15/h3-4,8H,5H2,1-2H3,(H,11,12)(H,14,15). The average Bonchev–Trinajstić information content (AvgIpc) is 2.30. The third-order valence-corrected chi connectivity index (χ3v) is 2.22. The fourth-order valence-corrected chi connectivity index (χ4v) is 1.29. The third kappa shape index (κ3) is 3.39. The van der Waals surface area contributed by atoms with Crippen LogP contribution in [0.2, 0.25) is 0 Å². The van der Waals surface area contributed by atoms with Gasteiger partial charge in [-0.15, -0.1) is 0 Å². The highest BCUT2D eigenvalue weighted by molar-refractivity contribution is 5.73. The average molecular weight is 255 g/mol. The van der Waals surface area contributed by atoms with Crippen molar-refractivity contribution in [3.05, 3.63) is 27.9 Å². The number of ether oxygens (including phenoxy) is 1. The molecular formula is C10H13N3O5. The van der Waals surface area contributed by atoms with Gasteiger partial charge in [-0.3, -0.25) is 10.1 Å². The molecule has 8 heteroatoms. The molecule has 0 amide bonds. The Hall–Kier alpha value is -2.22. The van der Waals surface area contributed by atoms with E-state index in [1.54, 1.807) is 6.92 Å². The van der Waals surface area contributed by atoms with Gasteiger partial charge >= 0.3 is 11.7 Å². The van der Waals surface area contributed by atoms with Crippen molar-refractivity contribution in [2.45, 2.75) is 13.0 Å². The molecule has 1 atom stereocenters. The summed E-state index contributed by atoms with van der Waals surface area (Å²) in [6.07, 6.45) is 0.366. The van der Waals surface area contributed by atoms with E-state index in [1.165, 1.54) is 19.4 Å². The number of rotatable bonds is 6. The maximum atomic E-state index is 10.8. The molecule has 0 fully saturated rings. The van der Waals surface area contributed by atoms with E-state index in [0.717, 1.165) is 0 Å². The summed E-state index contributed by atoms with van der Waals surface area (Å²) in [5, 5.41) is 22.2. The Balaban J connectivity index is 2.84. The first-order valence-corrected chi connectivity index (χ1v) is 5.06. The highest BCUT2D eigenvalue weighted by Crippen LogP contribution is 2.22. The second-order valence-electron chi connectivity index (χ2n) is 3.58. The monoisotopic (exact) mass is 255 g/mol. The van der Waals surface area contributed by atoms with Gasteiger partial charge in [-0.05, 0) is 12.5 Å². The molecule has 0 radical (unpaired) electrons. The summed E-state index contributed by atoms with van der Waals surface area (Å²) in [7, 11) is 1.25. The van der Waals surface area contributed by atoms with Crippen LogP contribution in [0.25, 0.3) is 0 Å². The number of nitrogens with one attached hydrogen (secondary N) is 1. The molecule has 1 aromatic rings. The molecule has 1 heterocycles. The fourth-order valence-electron chi connectivity index (χ4n) is 1.29. The van der Waals surface area contributed by atoms with Crippen molar-refractivity contribution in [3.8, 4) is 0 Å². The van der Waals surface area contributed by atoms with Crippen molar-refractivity contribution in [2.24, 2.45) is 0 Å². The summed E-state index contributed by atoms with van der Waals surface area (Å²) in [4.78, 5) is 24.8. The van der Waals surface area contributed by atoms with Gasteiger partial charge in [-0.2, -0.15) is 0 Å². The second-order valence-corrected chi connectivity index (χ2v) is 3.58. The molecule has 0 aliphatic carbocycles. The number of hydrogen-bond donors (Lipinski definition) is 2. The van der Waals surface area contributed by atoms with E-state index in [4.69, 9.17) is 9.84 Å². The van der Waals surface area contributed by atoms with E-state index in [-0.39, 0.29) is 18.1 Å². The Kier molecular flexibility index (Phi) is 4.55. The minimum Gasteiger partial charge on any atom is -0.479 e.